The molecule has 2 saturated heterocycles. The Morgan fingerprint density at radius 3 is 2.69 bits per heavy atom. The Labute approximate surface area is 234 Å². The second-order valence-electron chi connectivity index (χ2n) is 10.5. The molecule has 2 aromatic carbocycles. The number of rotatable bonds is 7. The zero-order valence-electron chi connectivity index (χ0n) is 22.0. The van der Waals surface area contributed by atoms with Crippen molar-refractivity contribution in [1.82, 2.24) is 25.2 Å². The smallest absolute Gasteiger partial charge is 0.319 e. The van der Waals surface area contributed by atoms with Crippen LogP contribution in [0.3, 0.4) is 0 Å². The summed E-state index contributed by atoms with van der Waals surface area (Å²) in [5.41, 5.74) is 6.67. The summed E-state index contributed by atoms with van der Waals surface area (Å²) in [4.78, 5) is 18.1. The van der Waals surface area contributed by atoms with Crippen LogP contribution in [-0.4, -0.2) is 71.3 Å². The van der Waals surface area contributed by atoms with Gasteiger partial charge in [0.05, 0.1) is 21.3 Å². The van der Waals surface area contributed by atoms with Gasteiger partial charge in [0.1, 0.15) is 23.8 Å². The van der Waals surface area contributed by atoms with E-state index in [9.17, 15) is 4.39 Å². The van der Waals surface area contributed by atoms with Crippen LogP contribution in [-0.2, 0) is 0 Å². The molecule has 1 atom stereocenters. The molecule has 39 heavy (non-hydrogen) atoms. The van der Waals surface area contributed by atoms with Gasteiger partial charge in [-0.3, -0.25) is 0 Å². The number of hydrogen-bond acceptors (Lipinski definition) is 9. The van der Waals surface area contributed by atoms with Gasteiger partial charge < -0.3 is 25.6 Å². The van der Waals surface area contributed by atoms with E-state index < -0.39 is 11.6 Å². The van der Waals surface area contributed by atoms with Crippen molar-refractivity contribution >= 4 is 55.0 Å². The van der Waals surface area contributed by atoms with Crippen LogP contribution in [0.25, 0.3) is 32.2 Å². The van der Waals surface area contributed by atoms with Crippen molar-refractivity contribution in [1.29, 1.82) is 0 Å². The second-order valence-corrected chi connectivity index (χ2v) is 11.9. The van der Waals surface area contributed by atoms with Gasteiger partial charge in [-0.2, -0.15) is 9.97 Å². The van der Waals surface area contributed by atoms with E-state index >= 15 is 4.39 Å². The zero-order valence-corrected chi connectivity index (χ0v) is 23.5. The van der Waals surface area contributed by atoms with E-state index in [4.69, 9.17) is 27.1 Å². The molecule has 0 aliphatic carbocycles. The first-order valence-corrected chi connectivity index (χ1v) is 14.3. The molecule has 0 amide bonds. The molecule has 2 fully saturated rings. The maximum atomic E-state index is 16.6. The lowest BCUT2D eigenvalue weighted by molar-refractivity contribution is 0.188. The van der Waals surface area contributed by atoms with Crippen molar-refractivity contribution in [3.8, 4) is 17.1 Å². The molecule has 4 heterocycles. The number of nitrogens with zero attached hydrogens (tertiary/aromatic N) is 5. The van der Waals surface area contributed by atoms with Gasteiger partial charge in [-0.1, -0.05) is 22.9 Å². The fraction of sp³-hybridized carbons (Fsp3) is 0.444. The molecule has 8 nitrogen and oxygen atoms in total. The van der Waals surface area contributed by atoms with E-state index in [0.717, 1.165) is 43.8 Å². The van der Waals surface area contributed by atoms with Gasteiger partial charge in [0.15, 0.2) is 10.9 Å². The molecule has 6 rings (SSSR count). The van der Waals surface area contributed by atoms with E-state index in [0.29, 0.717) is 23.4 Å². The number of anilines is 2. The number of nitrogens with one attached hydrogen (secondary N) is 1. The third-order valence-electron chi connectivity index (χ3n) is 7.65. The molecule has 2 aromatic heterocycles. The monoisotopic (exact) mass is 573 g/mol. The highest BCUT2D eigenvalue weighted by atomic mass is 35.5. The Hall–Kier alpha value is -2.86. The van der Waals surface area contributed by atoms with Crippen LogP contribution in [0.2, 0.25) is 5.02 Å². The molecular weight excluding hydrogens is 544 g/mol. The van der Waals surface area contributed by atoms with Crippen molar-refractivity contribution in [2.75, 3.05) is 43.9 Å². The van der Waals surface area contributed by atoms with E-state index in [1.54, 1.807) is 6.07 Å². The number of likely N-dealkylation sites (tertiary alicyclic amines) is 1. The molecule has 2 aliphatic heterocycles. The van der Waals surface area contributed by atoms with E-state index in [-0.39, 0.29) is 55.6 Å². The van der Waals surface area contributed by atoms with Crippen molar-refractivity contribution in [2.45, 2.75) is 44.8 Å². The van der Waals surface area contributed by atoms with E-state index in [2.05, 4.69) is 46.0 Å². The van der Waals surface area contributed by atoms with Gasteiger partial charge in [-0.25, -0.2) is 13.8 Å². The minimum atomic E-state index is -0.640. The van der Waals surface area contributed by atoms with Crippen molar-refractivity contribution < 1.29 is 13.5 Å². The molecule has 0 unspecified atom stereocenters. The number of thiazole rings is 1. The van der Waals surface area contributed by atoms with Crippen LogP contribution >= 0.6 is 22.9 Å². The molecule has 3 N–H and O–H groups in total. The molecule has 4 aromatic rings. The van der Waals surface area contributed by atoms with Crippen molar-refractivity contribution in [3.63, 3.8) is 0 Å². The van der Waals surface area contributed by atoms with Crippen molar-refractivity contribution in [3.05, 3.63) is 34.9 Å². The average Bonchev–Trinajstić information content (AvgIpc) is 3.46. The fourth-order valence-corrected chi connectivity index (χ4v) is 6.59. The van der Waals surface area contributed by atoms with Crippen LogP contribution in [0.15, 0.2) is 18.2 Å². The molecule has 2 aliphatic rings. The van der Waals surface area contributed by atoms with Gasteiger partial charge in [0.25, 0.3) is 0 Å². The molecule has 0 radical (unpaired) electrons. The Kier molecular flexibility index (Phi) is 6.95. The molecule has 0 saturated carbocycles. The number of hydrogen-bond donors (Lipinski definition) is 2. The Morgan fingerprint density at radius 2 is 2.03 bits per heavy atom. The summed E-state index contributed by atoms with van der Waals surface area (Å²) in [7, 11) is 2.07. The van der Waals surface area contributed by atoms with Crippen LogP contribution in [0.4, 0.5) is 19.7 Å². The quantitative estimate of drug-likeness (QED) is 0.316. The summed E-state index contributed by atoms with van der Waals surface area (Å²) in [5.74, 6) is -0.538. The lowest BCUT2D eigenvalue weighted by atomic mass is 10.0. The third kappa shape index (κ3) is 4.65. The minimum Gasteiger partial charge on any atom is -0.462 e. The number of fused-ring (bicyclic) bond motifs is 2. The Morgan fingerprint density at radius 1 is 1.23 bits per heavy atom. The largest absolute Gasteiger partial charge is 0.462 e. The SMILES string of the molecule is CC(C)N(c1nc(OC[C@@H]2CCCN2C)nc2c(F)c(-c3ccc(F)c4sc(N)nc34)c(Cl)cc12)C1CNC1. The summed E-state index contributed by atoms with van der Waals surface area (Å²) in [6.45, 7) is 7.16. The average molecular weight is 574 g/mol. The number of aromatic nitrogens is 3. The van der Waals surface area contributed by atoms with Crippen molar-refractivity contribution in [2.24, 2.45) is 0 Å². The van der Waals surface area contributed by atoms with Crippen LogP contribution in [0, 0.1) is 11.6 Å². The summed E-state index contributed by atoms with van der Waals surface area (Å²) in [5, 5.41) is 4.13. The van der Waals surface area contributed by atoms with Gasteiger partial charge in [-0.15, -0.1) is 0 Å². The first kappa shape index (κ1) is 26.4. The minimum absolute atomic E-state index is 0.0835. The highest BCUT2D eigenvalue weighted by Crippen LogP contribution is 2.43. The molecule has 206 valence electrons. The van der Waals surface area contributed by atoms with Gasteiger partial charge in [0, 0.05) is 41.7 Å². The normalized spacial score (nSPS) is 18.4. The predicted octanol–water partition coefficient (Wildman–Crippen LogP) is 5.08. The fourth-order valence-electron chi connectivity index (χ4n) is 5.53. The maximum Gasteiger partial charge on any atom is 0.319 e. The van der Waals surface area contributed by atoms with Crippen LogP contribution < -0.4 is 20.7 Å². The zero-order chi connectivity index (χ0) is 27.4. The summed E-state index contributed by atoms with van der Waals surface area (Å²) in [6.07, 6.45) is 2.13. The topological polar surface area (TPSA) is 92.4 Å². The number of nitrogens with two attached hydrogens (primary N) is 1. The molecule has 12 heteroatoms. The Balaban J connectivity index is 1.54. The number of likely N-dealkylation sites (N-methyl/N-ethyl adjacent to an activating group) is 1. The van der Waals surface area contributed by atoms with E-state index in [1.165, 1.54) is 12.1 Å². The summed E-state index contributed by atoms with van der Waals surface area (Å²) < 4.78 is 37.4. The maximum absolute atomic E-state index is 16.6. The molecule has 0 bridgehead atoms. The first-order chi connectivity index (χ1) is 18.7. The van der Waals surface area contributed by atoms with Crippen LogP contribution in [0.1, 0.15) is 26.7 Å². The van der Waals surface area contributed by atoms with Gasteiger partial charge >= 0.3 is 6.01 Å². The second kappa shape index (κ2) is 10.3. The number of benzene rings is 2. The standard InChI is InChI=1S/C27H30ClF2N7OS/c1-13(2)37(15-10-32-11-15)25-17-9-18(28)20(16-6-7-19(29)24-23(16)33-26(31)39-24)21(30)22(17)34-27(35-25)38-12-14-5-4-8-36(14)3/h6-7,9,13-15,32H,4-5,8,10-12H2,1-3H3,(H2,31,33)/t14-/m0/s1. The van der Waals surface area contributed by atoms with Gasteiger partial charge in [-0.05, 0) is 58.5 Å². The summed E-state index contributed by atoms with van der Waals surface area (Å²) >= 11 is 7.77. The number of nitrogen functional groups attached to an aromatic ring is 1. The Bertz CT molecular complexity index is 1560. The number of ether oxygens (including phenoxy) is 1. The third-order valence-corrected chi connectivity index (χ3v) is 8.85. The van der Waals surface area contributed by atoms with Crippen LogP contribution in [0.5, 0.6) is 6.01 Å². The number of halogens is 3. The molecule has 0 spiro atoms. The predicted molar refractivity (Wildman–Crippen MR) is 153 cm³/mol. The summed E-state index contributed by atoms with van der Waals surface area (Å²) in [6, 6.07) is 5.07. The first-order valence-electron chi connectivity index (χ1n) is 13.1. The lowest BCUT2D eigenvalue weighted by Crippen LogP contribution is -2.59. The lowest BCUT2D eigenvalue weighted by Gasteiger charge is -2.42. The van der Waals surface area contributed by atoms with Gasteiger partial charge in [0.2, 0.25) is 0 Å². The van der Waals surface area contributed by atoms with E-state index in [1.807, 2.05) is 0 Å². The highest BCUT2D eigenvalue weighted by molar-refractivity contribution is 7.22. The molecular formula is C27H30ClF2N7OS. The highest BCUT2D eigenvalue weighted by Gasteiger charge is 2.32.